The first-order valence-electron chi connectivity index (χ1n) is 8.06. The maximum Gasteiger partial charge on any atom is 0.140 e. The van der Waals surface area contributed by atoms with E-state index >= 15 is 0 Å². The van der Waals surface area contributed by atoms with Crippen molar-refractivity contribution in [3.05, 3.63) is 47.8 Å². The van der Waals surface area contributed by atoms with E-state index in [-0.39, 0.29) is 0 Å². The lowest BCUT2D eigenvalue weighted by Gasteiger charge is -2.03. The summed E-state index contributed by atoms with van der Waals surface area (Å²) >= 11 is 0. The number of nitrogens with one attached hydrogen (secondary N) is 1. The van der Waals surface area contributed by atoms with E-state index in [1.807, 2.05) is 43.4 Å². The van der Waals surface area contributed by atoms with Crippen molar-refractivity contribution in [2.75, 3.05) is 0 Å². The lowest BCUT2D eigenvalue weighted by atomic mass is 10.1. The summed E-state index contributed by atoms with van der Waals surface area (Å²) in [5.41, 5.74) is 5.15. The summed E-state index contributed by atoms with van der Waals surface area (Å²) in [6.07, 6.45) is 1.89. The molecule has 0 amide bonds. The number of rotatable bonds is 3. The van der Waals surface area contributed by atoms with Crippen LogP contribution in [0.25, 0.3) is 33.5 Å². The number of aromatic amines is 1. The fraction of sp³-hybridized carbons (Fsp3) is 0.211. The van der Waals surface area contributed by atoms with Crippen molar-refractivity contribution >= 4 is 22.1 Å². The molecule has 0 fully saturated rings. The number of hydrogen-bond donors (Lipinski definition) is 1. The van der Waals surface area contributed by atoms with E-state index in [1.54, 1.807) is 0 Å². The Balaban J connectivity index is 1.95. The van der Waals surface area contributed by atoms with Crippen molar-refractivity contribution in [1.82, 2.24) is 19.5 Å². The van der Waals surface area contributed by atoms with Crippen LogP contribution in [0, 0.1) is 11.3 Å². The van der Waals surface area contributed by atoms with Gasteiger partial charge in [-0.05, 0) is 30.7 Å². The van der Waals surface area contributed by atoms with Crippen molar-refractivity contribution in [2.24, 2.45) is 7.05 Å². The number of fused-ring (bicyclic) bond motifs is 2. The zero-order valence-electron chi connectivity index (χ0n) is 13.7. The molecule has 4 rings (SSSR count). The highest BCUT2D eigenvalue weighted by atomic mass is 15.1. The summed E-state index contributed by atoms with van der Waals surface area (Å²) < 4.78 is 2.06. The maximum atomic E-state index is 9.52. The van der Waals surface area contributed by atoms with Crippen LogP contribution >= 0.6 is 0 Å². The minimum absolute atomic E-state index is 0.577. The molecule has 118 valence electrons. The predicted molar refractivity (Wildman–Crippen MR) is 94.5 cm³/mol. The zero-order valence-corrected chi connectivity index (χ0v) is 13.7. The quantitative estimate of drug-likeness (QED) is 0.622. The van der Waals surface area contributed by atoms with Crippen LogP contribution in [0.15, 0.2) is 36.4 Å². The van der Waals surface area contributed by atoms with Gasteiger partial charge in [0.1, 0.15) is 23.2 Å². The Labute approximate surface area is 139 Å². The van der Waals surface area contributed by atoms with Crippen LogP contribution in [0.2, 0.25) is 0 Å². The molecule has 0 saturated heterocycles. The number of aromatic nitrogens is 4. The summed E-state index contributed by atoms with van der Waals surface area (Å²) in [6, 6.07) is 14.2. The molecule has 24 heavy (non-hydrogen) atoms. The Kier molecular flexibility index (Phi) is 3.31. The summed E-state index contributed by atoms with van der Waals surface area (Å²) in [5.74, 6) is 1.77. The molecule has 0 bridgehead atoms. The Hall–Kier alpha value is -3.13. The third-order valence-corrected chi connectivity index (χ3v) is 4.29. The molecule has 1 N–H and O–H groups in total. The number of nitrogens with zero attached hydrogens (tertiary/aromatic N) is 4. The molecular formula is C19H17N5. The largest absolute Gasteiger partial charge is 0.342 e. The van der Waals surface area contributed by atoms with E-state index in [2.05, 4.69) is 27.5 Å². The number of nitriles is 1. The highest BCUT2D eigenvalue weighted by Gasteiger charge is 2.14. The first-order chi connectivity index (χ1) is 11.7. The number of benzene rings is 2. The highest BCUT2D eigenvalue weighted by Crippen LogP contribution is 2.28. The minimum Gasteiger partial charge on any atom is -0.342 e. The van der Waals surface area contributed by atoms with Gasteiger partial charge in [-0.3, -0.25) is 0 Å². The topological polar surface area (TPSA) is 70.3 Å². The lowest BCUT2D eigenvalue weighted by molar-refractivity contribution is 0.861. The predicted octanol–water partition coefficient (Wildman–Crippen LogP) is 3.94. The van der Waals surface area contributed by atoms with Crippen LogP contribution in [0.5, 0.6) is 0 Å². The minimum atomic E-state index is 0.577. The molecule has 0 aliphatic carbocycles. The molecule has 0 saturated carbocycles. The van der Waals surface area contributed by atoms with Gasteiger partial charge < -0.3 is 9.55 Å². The number of H-pyrrole nitrogens is 1. The normalized spacial score (nSPS) is 11.2. The Morgan fingerprint density at radius 3 is 2.79 bits per heavy atom. The van der Waals surface area contributed by atoms with Crippen LogP contribution in [-0.4, -0.2) is 19.5 Å². The van der Waals surface area contributed by atoms with Crippen molar-refractivity contribution in [2.45, 2.75) is 19.8 Å². The van der Waals surface area contributed by atoms with Gasteiger partial charge in [0.05, 0.1) is 22.1 Å². The Morgan fingerprint density at radius 1 is 1.21 bits per heavy atom. The summed E-state index contributed by atoms with van der Waals surface area (Å²) in [5, 5.41) is 9.52. The van der Waals surface area contributed by atoms with Gasteiger partial charge in [0, 0.05) is 19.0 Å². The summed E-state index contributed by atoms with van der Waals surface area (Å²) in [6.45, 7) is 2.11. The number of imidazole rings is 2. The van der Waals surface area contributed by atoms with E-state index in [0.717, 1.165) is 52.1 Å². The van der Waals surface area contributed by atoms with Crippen LogP contribution in [0.4, 0.5) is 0 Å². The van der Waals surface area contributed by atoms with Crippen molar-refractivity contribution in [3.63, 3.8) is 0 Å². The molecule has 5 nitrogen and oxygen atoms in total. The van der Waals surface area contributed by atoms with Crippen molar-refractivity contribution in [1.29, 1.82) is 5.26 Å². The van der Waals surface area contributed by atoms with Gasteiger partial charge in [0.25, 0.3) is 0 Å². The van der Waals surface area contributed by atoms with E-state index in [1.165, 1.54) is 0 Å². The third kappa shape index (κ3) is 2.16. The molecule has 5 heteroatoms. The number of aryl methyl sites for hydroxylation is 2. The average Bonchev–Trinajstić information content (AvgIpc) is 3.15. The monoisotopic (exact) mass is 315 g/mol. The molecule has 2 aromatic carbocycles. The molecule has 4 aromatic rings. The lowest BCUT2D eigenvalue weighted by Crippen LogP contribution is -1.93. The molecular weight excluding hydrogens is 298 g/mol. The Bertz CT molecular complexity index is 1090. The second-order valence-electron chi connectivity index (χ2n) is 5.95. The fourth-order valence-electron chi connectivity index (χ4n) is 3.14. The van der Waals surface area contributed by atoms with Crippen molar-refractivity contribution < 1.29 is 0 Å². The van der Waals surface area contributed by atoms with Crippen LogP contribution in [0.3, 0.4) is 0 Å². The van der Waals surface area contributed by atoms with Gasteiger partial charge in [0.15, 0.2) is 0 Å². The fourth-order valence-corrected chi connectivity index (χ4v) is 3.14. The molecule has 0 radical (unpaired) electrons. The molecule has 0 aliphatic heterocycles. The van der Waals surface area contributed by atoms with E-state index in [0.29, 0.717) is 5.56 Å². The SMILES string of the molecule is CCCc1nc2c(C#N)cc(-c3nc4ccccc4n3C)cc2[nH]1. The molecule has 0 spiro atoms. The van der Waals surface area contributed by atoms with Crippen LogP contribution in [-0.2, 0) is 13.5 Å². The van der Waals surface area contributed by atoms with E-state index in [9.17, 15) is 5.26 Å². The second kappa shape index (κ2) is 5.50. The van der Waals surface area contributed by atoms with Gasteiger partial charge in [-0.2, -0.15) is 5.26 Å². The number of para-hydroxylation sites is 2. The number of hydrogen-bond acceptors (Lipinski definition) is 3. The highest BCUT2D eigenvalue weighted by molar-refractivity contribution is 5.88. The molecule has 0 aliphatic rings. The molecule has 0 atom stereocenters. The third-order valence-electron chi connectivity index (χ3n) is 4.29. The zero-order chi connectivity index (χ0) is 16.7. The second-order valence-corrected chi connectivity index (χ2v) is 5.95. The standard InChI is InChI=1S/C19H17N5/c1-3-6-17-21-15-10-12(9-13(11-20)18(15)23-17)19-22-14-7-4-5-8-16(14)24(19)2/h4-5,7-10H,3,6H2,1-2H3,(H,21,23). The van der Waals surface area contributed by atoms with Gasteiger partial charge in [0.2, 0.25) is 0 Å². The molecule has 0 unspecified atom stereocenters. The summed E-state index contributed by atoms with van der Waals surface area (Å²) in [4.78, 5) is 12.6. The molecule has 2 aromatic heterocycles. The van der Waals surface area contributed by atoms with Gasteiger partial charge in [-0.25, -0.2) is 9.97 Å². The van der Waals surface area contributed by atoms with Gasteiger partial charge in [-0.1, -0.05) is 19.1 Å². The van der Waals surface area contributed by atoms with E-state index < -0.39 is 0 Å². The van der Waals surface area contributed by atoms with Crippen LogP contribution in [0.1, 0.15) is 24.7 Å². The summed E-state index contributed by atoms with van der Waals surface area (Å²) in [7, 11) is 2.00. The smallest absolute Gasteiger partial charge is 0.140 e. The van der Waals surface area contributed by atoms with Gasteiger partial charge >= 0.3 is 0 Å². The average molecular weight is 315 g/mol. The van der Waals surface area contributed by atoms with E-state index in [4.69, 9.17) is 4.98 Å². The first kappa shape index (κ1) is 14.5. The van der Waals surface area contributed by atoms with Gasteiger partial charge in [-0.15, -0.1) is 0 Å². The van der Waals surface area contributed by atoms with Crippen LogP contribution < -0.4 is 0 Å². The Morgan fingerprint density at radius 2 is 2.04 bits per heavy atom. The first-order valence-corrected chi connectivity index (χ1v) is 8.06. The molecule has 2 heterocycles. The van der Waals surface area contributed by atoms with Crippen molar-refractivity contribution in [3.8, 4) is 17.5 Å². The maximum absolute atomic E-state index is 9.52.